The lowest BCUT2D eigenvalue weighted by atomic mass is 10.2. The highest BCUT2D eigenvalue weighted by molar-refractivity contribution is 7.71. The first kappa shape index (κ1) is 16.4. The molecule has 0 atom stereocenters. The smallest absolute Gasteiger partial charge is 0.352 e. The van der Waals surface area contributed by atoms with Crippen LogP contribution in [0.2, 0.25) is 0 Å². The molecule has 2 aromatic heterocycles. The van der Waals surface area contributed by atoms with Crippen molar-refractivity contribution in [2.24, 2.45) is 0 Å². The van der Waals surface area contributed by atoms with E-state index in [1.807, 2.05) is 13.8 Å². The maximum atomic E-state index is 12.6. The molecule has 0 aliphatic carbocycles. The Morgan fingerprint density at radius 3 is 2.77 bits per heavy atom. The van der Waals surface area contributed by atoms with Crippen molar-refractivity contribution >= 4 is 18.2 Å². The van der Waals surface area contributed by atoms with Gasteiger partial charge in [-0.05, 0) is 18.3 Å². The van der Waals surface area contributed by atoms with E-state index < -0.39 is 11.9 Å². The molecular weight excluding hydrogens is 317 g/mol. The Labute approximate surface area is 129 Å². The predicted molar refractivity (Wildman–Crippen MR) is 77.0 cm³/mol. The van der Waals surface area contributed by atoms with E-state index in [1.165, 1.54) is 0 Å². The zero-order valence-corrected chi connectivity index (χ0v) is 12.8. The lowest BCUT2D eigenvalue weighted by Gasteiger charge is -2.11. The Bertz CT molecular complexity index is 691. The van der Waals surface area contributed by atoms with Crippen molar-refractivity contribution in [1.29, 1.82) is 0 Å². The van der Waals surface area contributed by atoms with Crippen molar-refractivity contribution < 1.29 is 13.2 Å². The van der Waals surface area contributed by atoms with Crippen molar-refractivity contribution in [3.8, 4) is 0 Å². The number of anilines is 1. The SMILES string of the molecule is CC(C)c1n[nH]c(=S)n1CCNc1nccc(C(F)(F)F)n1. The summed E-state index contributed by atoms with van der Waals surface area (Å²) in [6, 6.07) is 0.828. The number of nitrogens with zero attached hydrogens (tertiary/aromatic N) is 4. The van der Waals surface area contributed by atoms with Crippen molar-refractivity contribution in [1.82, 2.24) is 24.7 Å². The standard InChI is InChI=1S/C12H15F3N6S/c1-7(2)9-19-20-11(22)21(9)6-5-17-10-16-4-3-8(18-10)12(13,14)15/h3-4,7H,5-6H2,1-2H3,(H,20,22)(H,16,17,18). The van der Waals surface area contributed by atoms with Crippen LogP contribution in [0.4, 0.5) is 19.1 Å². The van der Waals surface area contributed by atoms with Gasteiger partial charge in [0.15, 0.2) is 4.77 Å². The van der Waals surface area contributed by atoms with Crippen LogP contribution in [-0.4, -0.2) is 31.3 Å². The Hall–Kier alpha value is -1.97. The van der Waals surface area contributed by atoms with Gasteiger partial charge in [0.1, 0.15) is 11.5 Å². The minimum atomic E-state index is -4.49. The molecule has 120 valence electrons. The van der Waals surface area contributed by atoms with Gasteiger partial charge < -0.3 is 9.88 Å². The third-order valence-corrected chi connectivity index (χ3v) is 3.18. The van der Waals surface area contributed by atoms with E-state index >= 15 is 0 Å². The maximum absolute atomic E-state index is 12.6. The molecule has 0 amide bonds. The van der Waals surface area contributed by atoms with E-state index in [1.54, 1.807) is 4.57 Å². The molecule has 0 saturated heterocycles. The molecule has 0 aliphatic rings. The number of aromatic nitrogens is 5. The van der Waals surface area contributed by atoms with Crippen molar-refractivity contribution in [2.45, 2.75) is 32.5 Å². The second-order valence-electron chi connectivity index (χ2n) is 4.88. The van der Waals surface area contributed by atoms with Crippen LogP contribution >= 0.6 is 12.2 Å². The Morgan fingerprint density at radius 1 is 1.41 bits per heavy atom. The molecule has 10 heteroatoms. The van der Waals surface area contributed by atoms with Crippen molar-refractivity contribution in [2.75, 3.05) is 11.9 Å². The molecule has 2 heterocycles. The second kappa shape index (κ2) is 6.42. The largest absolute Gasteiger partial charge is 0.433 e. The molecule has 0 bridgehead atoms. The van der Waals surface area contributed by atoms with Crippen LogP contribution in [0.15, 0.2) is 12.3 Å². The van der Waals surface area contributed by atoms with Gasteiger partial charge in [0.05, 0.1) is 0 Å². The average Bonchev–Trinajstić information content (AvgIpc) is 2.80. The highest BCUT2D eigenvalue weighted by atomic mass is 32.1. The van der Waals surface area contributed by atoms with E-state index in [2.05, 4.69) is 25.5 Å². The number of hydrogen-bond donors (Lipinski definition) is 2. The summed E-state index contributed by atoms with van der Waals surface area (Å²) in [4.78, 5) is 7.21. The second-order valence-corrected chi connectivity index (χ2v) is 5.27. The van der Waals surface area contributed by atoms with Crippen LogP contribution in [0.3, 0.4) is 0 Å². The predicted octanol–water partition coefficient (Wildman–Crippen LogP) is 2.98. The number of hydrogen-bond acceptors (Lipinski definition) is 5. The van der Waals surface area contributed by atoms with E-state index in [-0.39, 0.29) is 11.9 Å². The molecule has 0 saturated carbocycles. The Morgan fingerprint density at radius 2 is 2.14 bits per heavy atom. The van der Waals surface area contributed by atoms with Crippen LogP contribution < -0.4 is 5.32 Å². The van der Waals surface area contributed by atoms with Gasteiger partial charge in [0.2, 0.25) is 5.95 Å². The number of nitrogens with one attached hydrogen (secondary N) is 2. The monoisotopic (exact) mass is 332 g/mol. The van der Waals surface area contributed by atoms with Crippen LogP contribution in [0.1, 0.15) is 31.3 Å². The fraction of sp³-hybridized carbons (Fsp3) is 0.500. The average molecular weight is 332 g/mol. The maximum Gasteiger partial charge on any atom is 0.433 e. The van der Waals surface area contributed by atoms with E-state index in [9.17, 15) is 13.2 Å². The summed E-state index contributed by atoms with van der Waals surface area (Å²) in [6.07, 6.45) is -3.42. The van der Waals surface area contributed by atoms with E-state index in [0.717, 1.165) is 18.1 Å². The number of halogens is 3. The summed E-state index contributed by atoms with van der Waals surface area (Å²) in [5.74, 6) is 0.894. The fourth-order valence-electron chi connectivity index (χ4n) is 1.87. The highest BCUT2D eigenvalue weighted by Crippen LogP contribution is 2.27. The van der Waals surface area contributed by atoms with Crippen LogP contribution in [0.25, 0.3) is 0 Å². The molecule has 2 aromatic rings. The summed E-state index contributed by atoms with van der Waals surface area (Å²) in [5.41, 5.74) is -0.979. The molecular formula is C12H15F3N6S. The van der Waals surface area contributed by atoms with Gasteiger partial charge in [-0.2, -0.15) is 18.3 Å². The highest BCUT2D eigenvalue weighted by Gasteiger charge is 2.32. The third-order valence-electron chi connectivity index (χ3n) is 2.87. The number of rotatable bonds is 5. The summed E-state index contributed by atoms with van der Waals surface area (Å²) in [5, 5.41) is 9.59. The minimum Gasteiger partial charge on any atom is -0.352 e. The number of aromatic amines is 1. The molecule has 2 N–H and O–H groups in total. The minimum absolute atomic E-state index is 0.0732. The molecule has 0 fully saturated rings. The molecule has 0 spiro atoms. The van der Waals surface area contributed by atoms with Crippen molar-refractivity contribution in [3.63, 3.8) is 0 Å². The summed E-state index contributed by atoms with van der Waals surface area (Å²) >= 11 is 5.13. The molecule has 0 unspecified atom stereocenters. The van der Waals surface area contributed by atoms with Gasteiger partial charge in [0.25, 0.3) is 0 Å². The van der Waals surface area contributed by atoms with Crippen molar-refractivity contribution in [3.05, 3.63) is 28.6 Å². The van der Waals surface area contributed by atoms with Gasteiger partial charge in [0, 0.05) is 25.2 Å². The summed E-state index contributed by atoms with van der Waals surface area (Å²) in [6.45, 7) is 4.73. The van der Waals surface area contributed by atoms with Gasteiger partial charge in [-0.25, -0.2) is 9.97 Å². The van der Waals surface area contributed by atoms with Crippen LogP contribution in [0.5, 0.6) is 0 Å². The molecule has 0 radical (unpaired) electrons. The topological polar surface area (TPSA) is 71.4 Å². The van der Waals surface area contributed by atoms with Crippen LogP contribution in [0, 0.1) is 4.77 Å². The quantitative estimate of drug-likeness (QED) is 0.824. The molecule has 0 aliphatic heterocycles. The number of H-pyrrole nitrogens is 1. The summed E-state index contributed by atoms with van der Waals surface area (Å²) < 4.78 is 39.9. The summed E-state index contributed by atoms with van der Waals surface area (Å²) in [7, 11) is 0. The van der Waals surface area contributed by atoms with Gasteiger partial charge >= 0.3 is 6.18 Å². The lowest BCUT2D eigenvalue weighted by Crippen LogP contribution is -2.16. The fourth-order valence-corrected chi connectivity index (χ4v) is 2.10. The first-order chi connectivity index (χ1) is 10.3. The molecule has 0 aromatic carbocycles. The van der Waals surface area contributed by atoms with Gasteiger partial charge in [-0.3, -0.25) is 5.10 Å². The Balaban J connectivity index is 2.03. The van der Waals surface area contributed by atoms with Gasteiger partial charge in [-0.15, -0.1) is 0 Å². The first-order valence-corrected chi connectivity index (χ1v) is 6.99. The third kappa shape index (κ3) is 3.81. The molecule has 22 heavy (non-hydrogen) atoms. The zero-order chi connectivity index (χ0) is 16.3. The van der Waals surface area contributed by atoms with Crippen LogP contribution in [-0.2, 0) is 12.7 Å². The normalized spacial score (nSPS) is 11.9. The number of alkyl halides is 3. The van der Waals surface area contributed by atoms with E-state index in [0.29, 0.717) is 17.9 Å². The van der Waals surface area contributed by atoms with Gasteiger partial charge in [-0.1, -0.05) is 13.8 Å². The zero-order valence-electron chi connectivity index (χ0n) is 12.0. The lowest BCUT2D eigenvalue weighted by molar-refractivity contribution is -0.141. The molecule has 2 rings (SSSR count). The first-order valence-electron chi connectivity index (χ1n) is 6.58. The Kier molecular flexibility index (Phi) is 4.79. The molecule has 6 nitrogen and oxygen atoms in total. The van der Waals surface area contributed by atoms with E-state index in [4.69, 9.17) is 12.2 Å².